The molecule has 1 fully saturated rings. The first-order valence-corrected chi connectivity index (χ1v) is 11.3. The number of benzene rings is 1. The Morgan fingerprint density at radius 2 is 1.83 bits per heavy atom. The van der Waals surface area contributed by atoms with Crippen LogP contribution in [0.3, 0.4) is 0 Å². The molecule has 1 unspecified atom stereocenters. The van der Waals surface area contributed by atoms with Crippen LogP contribution in [-0.4, -0.2) is 61.3 Å². The molecule has 160 valence electrons. The molecular weight excluding hydrogens is 397 g/mol. The van der Waals surface area contributed by atoms with E-state index in [1.165, 1.54) is 16.4 Å². The number of carboxylic acid groups (broad SMARTS) is 1. The molecule has 0 aromatic heterocycles. The number of hydrogen-bond donors (Lipinski definition) is 2. The van der Waals surface area contributed by atoms with Crippen LogP contribution in [-0.2, 0) is 14.8 Å². The van der Waals surface area contributed by atoms with Crippen LogP contribution in [0.2, 0.25) is 0 Å². The molecule has 0 radical (unpaired) electrons. The first-order valence-electron chi connectivity index (χ1n) is 9.68. The summed E-state index contributed by atoms with van der Waals surface area (Å²) in [6.45, 7) is 3.26. The highest BCUT2D eigenvalue weighted by molar-refractivity contribution is 7.89. The van der Waals surface area contributed by atoms with E-state index in [-0.39, 0.29) is 18.9 Å². The third-order valence-corrected chi connectivity index (χ3v) is 6.80. The Labute approximate surface area is 171 Å². The van der Waals surface area contributed by atoms with Crippen molar-refractivity contribution >= 4 is 21.7 Å². The minimum atomic E-state index is -3.91. The lowest BCUT2D eigenvalue weighted by Crippen LogP contribution is -2.57. The number of nitrogens with zero attached hydrogens (tertiary/aromatic N) is 2. The van der Waals surface area contributed by atoms with E-state index in [0.717, 1.165) is 24.9 Å². The van der Waals surface area contributed by atoms with Gasteiger partial charge in [-0.15, -0.1) is 5.92 Å². The van der Waals surface area contributed by atoms with E-state index in [1.54, 1.807) is 12.1 Å². The second-order valence-electron chi connectivity index (χ2n) is 7.15. The minimum Gasteiger partial charge on any atom is -0.479 e. The molecule has 0 amide bonds. The number of piperazine rings is 1. The van der Waals surface area contributed by atoms with Crippen LogP contribution in [0.1, 0.15) is 32.6 Å². The molecule has 1 aliphatic rings. The summed E-state index contributed by atoms with van der Waals surface area (Å²) in [4.78, 5) is 13.6. The molecule has 1 heterocycles. The highest BCUT2D eigenvalue weighted by atomic mass is 32.2. The van der Waals surface area contributed by atoms with Crippen molar-refractivity contribution in [3.63, 3.8) is 0 Å². The standard InChI is InChI=1S/C20H28FN3O4S/c1-2-3-4-5-6-11-20(22,19(25)26)16-29(27,28)24-14-12-23(13-15-24)18-9-7-17(21)8-10-18/h7-10H,2-5,12-16,22H2,1H3,(H,25,26). The van der Waals surface area contributed by atoms with Gasteiger partial charge in [-0.2, -0.15) is 4.31 Å². The number of carboxylic acids is 1. The van der Waals surface area contributed by atoms with Gasteiger partial charge in [0.2, 0.25) is 10.0 Å². The molecule has 1 saturated heterocycles. The van der Waals surface area contributed by atoms with Crippen LogP contribution in [0.25, 0.3) is 0 Å². The van der Waals surface area contributed by atoms with Gasteiger partial charge in [0.05, 0.1) is 0 Å². The van der Waals surface area contributed by atoms with E-state index in [1.807, 2.05) is 11.8 Å². The minimum absolute atomic E-state index is 0.194. The number of sulfonamides is 1. The molecule has 0 aliphatic carbocycles. The van der Waals surface area contributed by atoms with Gasteiger partial charge in [-0.05, 0) is 30.7 Å². The maximum atomic E-state index is 13.1. The summed E-state index contributed by atoms with van der Waals surface area (Å²) in [5.41, 5.74) is 4.52. The van der Waals surface area contributed by atoms with E-state index in [9.17, 15) is 22.7 Å². The molecule has 0 bridgehead atoms. The maximum Gasteiger partial charge on any atom is 0.337 e. The van der Waals surface area contributed by atoms with Crippen molar-refractivity contribution < 1.29 is 22.7 Å². The second kappa shape index (κ2) is 10.1. The average Bonchev–Trinajstić information content (AvgIpc) is 2.68. The molecule has 1 aliphatic heterocycles. The van der Waals surface area contributed by atoms with Gasteiger partial charge in [0.1, 0.15) is 11.6 Å². The van der Waals surface area contributed by atoms with Gasteiger partial charge in [-0.3, -0.25) is 0 Å². The number of halogens is 1. The predicted molar refractivity (Wildman–Crippen MR) is 110 cm³/mol. The van der Waals surface area contributed by atoms with Crippen LogP contribution in [0.4, 0.5) is 10.1 Å². The van der Waals surface area contributed by atoms with E-state index in [0.29, 0.717) is 19.5 Å². The van der Waals surface area contributed by atoms with Gasteiger partial charge in [0.25, 0.3) is 0 Å². The lowest BCUT2D eigenvalue weighted by Gasteiger charge is -2.36. The predicted octanol–water partition coefficient (Wildman–Crippen LogP) is 1.64. The van der Waals surface area contributed by atoms with Gasteiger partial charge >= 0.3 is 5.97 Å². The van der Waals surface area contributed by atoms with Crippen molar-refractivity contribution in [3.8, 4) is 11.8 Å². The number of nitrogens with two attached hydrogens (primary N) is 1. The Morgan fingerprint density at radius 1 is 1.21 bits per heavy atom. The van der Waals surface area contributed by atoms with Crippen molar-refractivity contribution in [2.24, 2.45) is 5.73 Å². The van der Waals surface area contributed by atoms with E-state index in [4.69, 9.17) is 5.73 Å². The fraction of sp³-hybridized carbons (Fsp3) is 0.550. The first kappa shape index (κ1) is 23.1. The number of aliphatic carboxylic acids is 1. The Bertz CT molecular complexity index is 856. The normalized spacial score (nSPS) is 17.3. The summed E-state index contributed by atoms with van der Waals surface area (Å²) in [7, 11) is -3.91. The zero-order valence-corrected chi connectivity index (χ0v) is 17.4. The highest BCUT2D eigenvalue weighted by Gasteiger charge is 2.40. The number of carbonyl (C=O) groups is 1. The molecule has 2 rings (SSSR count). The number of rotatable bonds is 8. The Hall–Kier alpha value is -2.15. The lowest BCUT2D eigenvalue weighted by molar-refractivity contribution is -0.140. The zero-order chi connectivity index (χ0) is 21.5. The van der Waals surface area contributed by atoms with E-state index >= 15 is 0 Å². The van der Waals surface area contributed by atoms with Gasteiger partial charge in [-0.1, -0.05) is 25.7 Å². The SMILES string of the molecule is CCCCCC#CC(N)(CS(=O)(=O)N1CCN(c2ccc(F)cc2)CC1)C(=O)O. The second-order valence-corrected chi connectivity index (χ2v) is 9.12. The fourth-order valence-electron chi connectivity index (χ4n) is 3.09. The quantitative estimate of drug-likeness (QED) is 0.485. The summed E-state index contributed by atoms with van der Waals surface area (Å²) in [6, 6.07) is 5.99. The third-order valence-electron chi connectivity index (χ3n) is 4.83. The van der Waals surface area contributed by atoms with Crippen molar-refractivity contribution in [2.45, 2.75) is 38.1 Å². The van der Waals surface area contributed by atoms with Crippen LogP contribution in [0.15, 0.2) is 24.3 Å². The zero-order valence-electron chi connectivity index (χ0n) is 16.6. The topological polar surface area (TPSA) is 104 Å². The first-order chi connectivity index (χ1) is 13.7. The number of anilines is 1. The van der Waals surface area contributed by atoms with Crippen molar-refractivity contribution in [3.05, 3.63) is 30.1 Å². The Balaban J connectivity index is 2.02. The van der Waals surface area contributed by atoms with E-state index in [2.05, 4.69) is 11.8 Å². The third kappa shape index (κ3) is 6.42. The summed E-state index contributed by atoms with van der Waals surface area (Å²) >= 11 is 0. The molecular formula is C20H28FN3O4S. The monoisotopic (exact) mass is 425 g/mol. The number of unbranched alkanes of at least 4 members (excludes halogenated alkanes) is 3. The van der Waals surface area contributed by atoms with Gasteiger partial charge in [-0.25, -0.2) is 17.6 Å². The molecule has 1 aromatic carbocycles. The largest absolute Gasteiger partial charge is 0.479 e. The molecule has 7 nitrogen and oxygen atoms in total. The van der Waals surface area contributed by atoms with Crippen LogP contribution >= 0.6 is 0 Å². The van der Waals surface area contributed by atoms with Crippen molar-refractivity contribution in [1.82, 2.24) is 4.31 Å². The van der Waals surface area contributed by atoms with Gasteiger partial charge < -0.3 is 15.7 Å². The fourth-order valence-corrected chi connectivity index (χ4v) is 4.76. The molecule has 1 aromatic rings. The Morgan fingerprint density at radius 3 is 2.38 bits per heavy atom. The summed E-state index contributed by atoms with van der Waals surface area (Å²) < 4.78 is 39.9. The summed E-state index contributed by atoms with van der Waals surface area (Å²) in [5.74, 6) is 2.63. The molecule has 1 atom stereocenters. The lowest BCUT2D eigenvalue weighted by atomic mass is 10.0. The van der Waals surface area contributed by atoms with Crippen molar-refractivity contribution in [2.75, 3.05) is 36.8 Å². The van der Waals surface area contributed by atoms with Gasteiger partial charge in [0.15, 0.2) is 5.54 Å². The smallest absolute Gasteiger partial charge is 0.337 e. The molecule has 9 heteroatoms. The Kier molecular flexibility index (Phi) is 8.02. The maximum absolute atomic E-state index is 13.1. The number of hydrogen-bond acceptors (Lipinski definition) is 5. The molecule has 3 N–H and O–H groups in total. The highest BCUT2D eigenvalue weighted by Crippen LogP contribution is 2.19. The average molecular weight is 426 g/mol. The summed E-state index contributed by atoms with van der Waals surface area (Å²) in [6.07, 6.45) is 3.27. The molecule has 0 spiro atoms. The van der Waals surface area contributed by atoms with Crippen LogP contribution in [0, 0.1) is 17.7 Å². The van der Waals surface area contributed by atoms with E-state index < -0.39 is 27.3 Å². The molecule has 29 heavy (non-hydrogen) atoms. The molecule has 0 saturated carbocycles. The van der Waals surface area contributed by atoms with Crippen molar-refractivity contribution in [1.29, 1.82) is 0 Å². The summed E-state index contributed by atoms with van der Waals surface area (Å²) in [5, 5.41) is 9.46. The van der Waals surface area contributed by atoms with Crippen LogP contribution < -0.4 is 10.6 Å². The van der Waals surface area contributed by atoms with Gasteiger partial charge in [0, 0.05) is 38.3 Å². The van der Waals surface area contributed by atoms with Crippen LogP contribution in [0.5, 0.6) is 0 Å².